The molecule has 8 nitrogen and oxygen atoms in total. The molecule has 5 N–H and O–H groups in total. The van der Waals surface area contributed by atoms with Gasteiger partial charge < -0.3 is 16.8 Å². The molecular weight excluding hydrogens is 340 g/mol. The molecular formula is C16H14N6O2S. The van der Waals surface area contributed by atoms with E-state index in [0.717, 1.165) is 9.92 Å². The third kappa shape index (κ3) is 3.96. The van der Waals surface area contributed by atoms with Crippen molar-refractivity contribution in [3.63, 3.8) is 0 Å². The quantitative estimate of drug-likeness (QED) is 0.645. The van der Waals surface area contributed by atoms with Gasteiger partial charge in [0.05, 0.1) is 17.6 Å². The number of rotatable bonds is 5. The summed E-state index contributed by atoms with van der Waals surface area (Å²) in [5.41, 5.74) is 11.2. The van der Waals surface area contributed by atoms with Gasteiger partial charge in [0.2, 0.25) is 0 Å². The minimum absolute atomic E-state index is 0.0641. The zero-order valence-corrected chi connectivity index (χ0v) is 13.7. The number of hydrogen-bond acceptors (Lipinski definition) is 5. The number of anilines is 1. The molecule has 0 spiro atoms. The molecule has 126 valence electrons. The highest BCUT2D eigenvalue weighted by atomic mass is 32.2. The summed E-state index contributed by atoms with van der Waals surface area (Å²) in [5, 5.41) is 7.32. The molecule has 0 bridgehead atoms. The first-order valence-electron chi connectivity index (χ1n) is 7.18. The Hall–Kier alpha value is -3.33. The highest BCUT2D eigenvalue weighted by Crippen LogP contribution is 2.26. The lowest BCUT2D eigenvalue weighted by molar-refractivity contribution is 0.0996. The van der Waals surface area contributed by atoms with Gasteiger partial charge in [0, 0.05) is 11.1 Å². The van der Waals surface area contributed by atoms with E-state index in [2.05, 4.69) is 15.4 Å². The third-order valence-corrected chi connectivity index (χ3v) is 4.13. The summed E-state index contributed by atoms with van der Waals surface area (Å²) in [7, 11) is 0. The van der Waals surface area contributed by atoms with Gasteiger partial charge in [0.15, 0.2) is 5.69 Å². The molecule has 3 rings (SSSR count). The minimum atomic E-state index is -0.802. The van der Waals surface area contributed by atoms with E-state index in [1.54, 1.807) is 6.20 Å². The molecule has 1 aromatic carbocycles. The number of pyridine rings is 1. The van der Waals surface area contributed by atoms with Gasteiger partial charge in [0.1, 0.15) is 5.03 Å². The van der Waals surface area contributed by atoms with Crippen LogP contribution in [0.3, 0.4) is 0 Å². The highest BCUT2D eigenvalue weighted by Gasteiger charge is 2.16. The molecule has 25 heavy (non-hydrogen) atoms. The van der Waals surface area contributed by atoms with Gasteiger partial charge in [-0.05, 0) is 36.4 Å². The van der Waals surface area contributed by atoms with Crippen LogP contribution in [0.1, 0.15) is 10.5 Å². The van der Waals surface area contributed by atoms with Gasteiger partial charge in [-0.2, -0.15) is 5.10 Å². The number of nitrogens with one attached hydrogen (secondary N) is 1. The summed E-state index contributed by atoms with van der Waals surface area (Å²) in [6.45, 7) is 0. The third-order valence-electron chi connectivity index (χ3n) is 3.17. The number of benzene rings is 1. The fraction of sp³-hybridized carbons (Fsp3) is 0. The molecule has 0 radical (unpaired) electrons. The first-order chi connectivity index (χ1) is 12.0. The van der Waals surface area contributed by atoms with Crippen LogP contribution in [0.5, 0.6) is 0 Å². The number of nitrogens with zero attached hydrogens (tertiary/aromatic N) is 3. The van der Waals surface area contributed by atoms with Crippen molar-refractivity contribution >= 4 is 29.4 Å². The van der Waals surface area contributed by atoms with E-state index in [0.29, 0.717) is 5.69 Å². The minimum Gasteiger partial charge on any atom is -0.364 e. The van der Waals surface area contributed by atoms with Gasteiger partial charge in [-0.1, -0.05) is 17.8 Å². The maximum Gasteiger partial charge on any atom is 0.316 e. The lowest BCUT2D eigenvalue weighted by Crippen LogP contribution is -2.22. The SMILES string of the molecule is NC(=O)Nc1cn(-c2ccc(Sc3ccccn3)cc2)nc1C(N)=O. The highest BCUT2D eigenvalue weighted by molar-refractivity contribution is 7.99. The number of urea groups is 1. The molecule has 3 amide bonds. The van der Waals surface area contributed by atoms with Crippen LogP contribution >= 0.6 is 11.8 Å². The van der Waals surface area contributed by atoms with Gasteiger partial charge >= 0.3 is 6.03 Å². The monoisotopic (exact) mass is 354 g/mol. The zero-order valence-electron chi connectivity index (χ0n) is 12.9. The average Bonchev–Trinajstić information content (AvgIpc) is 3.00. The molecule has 0 aliphatic carbocycles. The van der Waals surface area contributed by atoms with Crippen molar-refractivity contribution in [2.24, 2.45) is 11.5 Å². The topological polar surface area (TPSA) is 129 Å². The van der Waals surface area contributed by atoms with Gasteiger partial charge in [-0.3, -0.25) is 4.79 Å². The van der Waals surface area contributed by atoms with E-state index in [1.807, 2.05) is 42.5 Å². The van der Waals surface area contributed by atoms with Crippen LogP contribution in [0, 0.1) is 0 Å². The summed E-state index contributed by atoms with van der Waals surface area (Å²) >= 11 is 1.52. The van der Waals surface area contributed by atoms with Crippen LogP contribution in [0.2, 0.25) is 0 Å². The van der Waals surface area contributed by atoms with Crippen molar-refractivity contribution in [1.29, 1.82) is 0 Å². The fourth-order valence-electron chi connectivity index (χ4n) is 2.11. The predicted molar refractivity (Wildman–Crippen MR) is 93.6 cm³/mol. The Bertz CT molecular complexity index is 908. The van der Waals surface area contributed by atoms with Gasteiger partial charge in [0.25, 0.3) is 5.91 Å². The molecule has 9 heteroatoms. The summed E-state index contributed by atoms with van der Waals surface area (Å²) in [6, 6.07) is 12.4. The molecule has 0 saturated carbocycles. The Kier molecular flexibility index (Phi) is 4.66. The van der Waals surface area contributed by atoms with Crippen LogP contribution in [0.15, 0.2) is 64.8 Å². The second kappa shape index (κ2) is 7.05. The van der Waals surface area contributed by atoms with Crippen molar-refractivity contribution in [3.05, 3.63) is 60.6 Å². The lowest BCUT2D eigenvalue weighted by Gasteiger charge is -2.04. The van der Waals surface area contributed by atoms with Crippen LogP contribution in [-0.2, 0) is 0 Å². The number of nitrogens with two attached hydrogens (primary N) is 2. The Morgan fingerprint density at radius 1 is 1.08 bits per heavy atom. The van der Waals surface area contributed by atoms with Crippen LogP contribution in [0.25, 0.3) is 5.69 Å². The van der Waals surface area contributed by atoms with Crippen LogP contribution in [0.4, 0.5) is 10.5 Å². The maximum absolute atomic E-state index is 11.4. The summed E-state index contributed by atoms with van der Waals surface area (Å²) in [6.07, 6.45) is 3.21. The standard InChI is InChI=1S/C16H14N6O2S/c17-15(23)14-12(20-16(18)24)9-22(21-14)10-4-6-11(7-5-10)25-13-3-1-2-8-19-13/h1-9H,(H2,17,23)(H3,18,20,24). The Labute approximate surface area is 147 Å². The molecule has 0 aliphatic heterocycles. The first-order valence-corrected chi connectivity index (χ1v) is 8.00. The van der Waals surface area contributed by atoms with E-state index in [1.165, 1.54) is 22.6 Å². The van der Waals surface area contributed by atoms with Crippen molar-refractivity contribution in [3.8, 4) is 5.69 Å². The number of primary amides is 2. The molecule has 0 aliphatic rings. The van der Waals surface area contributed by atoms with E-state index in [4.69, 9.17) is 11.5 Å². The number of hydrogen-bond donors (Lipinski definition) is 3. The Morgan fingerprint density at radius 2 is 1.84 bits per heavy atom. The normalized spacial score (nSPS) is 10.4. The second-order valence-electron chi connectivity index (χ2n) is 4.95. The smallest absolute Gasteiger partial charge is 0.316 e. The zero-order chi connectivity index (χ0) is 17.8. The van der Waals surface area contributed by atoms with Crippen molar-refractivity contribution in [1.82, 2.24) is 14.8 Å². The van der Waals surface area contributed by atoms with Crippen LogP contribution < -0.4 is 16.8 Å². The van der Waals surface area contributed by atoms with E-state index < -0.39 is 11.9 Å². The summed E-state index contributed by atoms with van der Waals surface area (Å²) in [5.74, 6) is -0.759. The maximum atomic E-state index is 11.4. The van der Waals surface area contributed by atoms with E-state index in [9.17, 15) is 9.59 Å². The van der Waals surface area contributed by atoms with E-state index in [-0.39, 0.29) is 11.4 Å². The van der Waals surface area contributed by atoms with Gasteiger partial charge in [-0.15, -0.1) is 0 Å². The average molecular weight is 354 g/mol. The van der Waals surface area contributed by atoms with Crippen LogP contribution in [-0.4, -0.2) is 26.7 Å². The summed E-state index contributed by atoms with van der Waals surface area (Å²) < 4.78 is 1.45. The van der Waals surface area contributed by atoms with E-state index >= 15 is 0 Å². The number of aromatic nitrogens is 3. The lowest BCUT2D eigenvalue weighted by atomic mass is 10.3. The molecule has 0 fully saturated rings. The second-order valence-corrected chi connectivity index (χ2v) is 6.05. The van der Waals surface area contributed by atoms with Gasteiger partial charge in [-0.25, -0.2) is 14.5 Å². The molecule has 0 unspecified atom stereocenters. The predicted octanol–water partition coefficient (Wildman–Crippen LogP) is 2.01. The molecule has 2 aromatic heterocycles. The first kappa shape index (κ1) is 16.5. The summed E-state index contributed by atoms with van der Waals surface area (Å²) in [4.78, 5) is 27.7. The van der Waals surface area contributed by atoms with Crippen molar-refractivity contribution < 1.29 is 9.59 Å². The number of carbonyl (C=O) groups excluding carboxylic acids is 2. The fourth-order valence-corrected chi connectivity index (χ4v) is 2.88. The molecule has 0 saturated heterocycles. The number of carbonyl (C=O) groups is 2. The largest absolute Gasteiger partial charge is 0.364 e. The number of amides is 3. The Balaban J connectivity index is 1.84. The van der Waals surface area contributed by atoms with Crippen molar-refractivity contribution in [2.75, 3.05) is 5.32 Å². The van der Waals surface area contributed by atoms with Crippen molar-refractivity contribution in [2.45, 2.75) is 9.92 Å². The molecule has 2 heterocycles. The molecule has 0 atom stereocenters. The molecule has 3 aromatic rings. The Morgan fingerprint density at radius 3 is 2.44 bits per heavy atom.